The van der Waals surface area contributed by atoms with Crippen LogP contribution in [0.25, 0.3) is 0 Å². The van der Waals surface area contributed by atoms with E-state index in [1.165, 1.54) is 12.5 Å². The molecule has 0 aliphatic heterocycles. The second-order valence-corrected chi connectivity index (χ2v) is 6.19. The van der Waals surface area contributed by atoms with Crippen LogP contribution in [0.4, 0.5) is 0 Å². The molecule has 0 saturated heterocycles. The van der Waals surface area contributed by atoms with Crippen molar-refractivity contribution >= 4 is 11.8 Å². The Balaban J connectivity index is 0.000000518. The second-order valence-electron chi connectivity index (χ2n) is 6.19. The zero-order valence-corrected chi connectivity index (χ0v) is 14.3. The zero-order valence-electron chi connectivity index (χ0n) is 14.3. The Morgan fingerprint density at radius 1 is 1.23 bits per heavy atom. The number of benzene rings is 1. The van der Waals surface area contributed by atoms with Crippen LogP contribution in [0.15, 0.2) is 43.0 Å². The zero-order chi connectivity index (χ0) is 17.2. The molecule has 1 aromatic carbocycles. The van der Waals surface area contributed by atoms with Gasteiger partial charge in [-0.15, -0.1) is 6.58 Å². The highest BCUT2D eigenvalue weighted by Crippen LogP contribution is 2.19. The summed E-state index contributed by atoms with van der Waals surface area (Å²) in [7, 11) is 0. The van der Waals surface area contributed by atoms with Crippen LogP contribution in [0.1, 0.15) is 33.3 Å². The van der Waals surface area contributed by atoms with Gasteiger partial charge in [0, 0.05) is 13.5 Å². The maximum absolute atomic E-state index is 11.7. The van der Waals surface area contributed by atoms with Gasteiger partial charge < -0.3 is 10.6 Å². The average molecular weight is 304 g/mol. The SMILES string of the molecule is C=CCNC(=O)C(NC(C)=O)C(C)(C)C.Cc1ccccc1. The Labute approximate surface area is 134 Å². The number of rotatable bonds is 4. The van der Waals surface area contributed by atoms with E-state index in [9.17, 15) is 9.59 Å². The Kier molecular flexibility index (Phi) is 8.83. The van der Waals surface area contributed by atoms with Crippen LogP contribution in [0, 0.1) is 12.3 Å². The molecule has 2 amide bonds. The van der Waals surface area contributed by atoms with Gasteiger partial charge in [0.05, 0.1) is 0 Å². The number of carbonyl (C=O) groups excluding carboxylic acids is 2. The standard InChI is InChI=1S/C11H20N2O2.C7H8/c1-6-7-12-10(15)9(11(3,4)5)13-8(2)14;1-7-5-3-2-4-6-7/h6,9H,1,7H2,2-5H3,(H,12,15)(H,13,14);2-6H,1H3. The van der Waals surface area contributed by atoms with E-state index in [2.05, 4.69) is 36.3 Å². The quantitative estimate of drug-likeness (QED) is 0.840. The van der Waals surface area contributed by atoms with E-state index >= 15 is 0 Å². The molecule has 1 unspecified atom stereocenters. The van der Waals surface area contributed by atoms with E-state index in [1.807, 2.05) is 39.0 Å². The van der Waals surface area contributed by atoms with Crippen LogP contribution in [0.2, 0.25) is 0 Å². The lowest BCUT2D eigenvalue weighted by Gasteiger charge is -2.29. The van der Waals surface area contributed by atoms with Crippen LogP contribution in [-0.2, 0) is 9.59 Å². The molecule has 1 aromatic rings. The predicted molar refractivity (Wildman–Crippen MR) is 91.4 cm³/mol. The summed E-state index contributed by atoms with van der Waals surface area (Å²) in [5.41, 5.74) is 1.01. The summed E-state index contributed by atoms with van der Waals surface area (Å²) in [4.78, 5) is 22.7. The Morgan fingerprint density at radius 2 is 1.77 bits per heavy atom. The fourth-order valence-corrected chi connectivity index (χ4v) is 1.69. The van der Waals surface area contributed by atoms with Crippen LogP contribution < -0.4 is 10.6 Å². The van der Waals surface area contributed by atoms with Crippen molar-refractivity contribution in [3.05, 3.63) is 48.6 Å². The van der Waals surface area contributed by atoms with Crippen molar-refractivity contribution < 1.29 is 9.59 Å². The van der Waals surface area contributed by atoms with Crippen LogP contribution in [0.3, 0.4) is 0 Å². The number of amides is 2. The van der Waals surface area contributed by atoms with E-state index in [4.69, 9.17) is 0 Å². The fraction of sp³-hybridized carbons (Fsp3) is 0.444. The van der Waals surface area contributed by atoms with Gasteiger partial charge in [-0.2, -0.15) is 0 Å². The van der Waals surface area contributed by atoms with Gasteiger partial charge in [-0.3, -0.25) is 9.59 Å². The minimum Gasteiger partial charge on any atom is -0.351 e. The molecular formula is C18H28N2O2. The molecule has 2 N–H and O–H groups in total. The highest BCUT2D eigenvalue weighted by molar-refractivity contribution is 5.87. The third-order valence-electron chi connectivity index (χ3n) is 2.84. The second kappa shape index (κ2) is 9.77. The smallest absolute Gasteiger partial charge is 0.243 e. The summed E-state index contributed by atoms with van der Waals surface area (Å²) in [6, 6.07) is 9.74. The largest absolute Gasteiger partial charge is 0.351 e. The maximum Gasteiger partial charge on any atom is 0.243 e. The van der Waals surface area contributed by atoms with Gasteiger partial charge >= 0.3 is 0 Å². The molecule has 0 bridgehead atoms. The van der Waals surface area contributed by atoms with Crippen LogP contribution in [-0.4, -0.2) is 24.4 Å². The molecule has 0 radical (unpaired) electrons. The molecule has 0 aromatic heterocycles. The van der Waals surface area contributed by atoms with Gasteiger partial charge in [0.25, 0.3) is 0 Å². The highest BCUT2D eigenvalue weighted by Gasteiger charge is 2.31. The molecular weight excluding hydrogens is 276 g/mol. The molecule has 4 nitrogen and oxygen atoms in total. The molecule has 0 aliphatic carbocycles. The summed E-state index contributed by atoms with van der Waals surface area (Å²) in [5.74, 6) is -0.388. The van der Waals surface area contributed by atoms with Gasteiger partial charge in [0.2, 0.25) is 11.8 Å². The van der Waals surface area contributed by atoms with Crippen molar-refractivity contribution in [3.8, 4) is 0 Å². The maximum atomic E-state index is 11.7. The van der Waals surface area contributed by atoms with Crippen molar-refractivity contribution in [1.29, 1.82) is 0 Å². The lowest BCUT2D eigenvalue weighted by Crippen LogP contribution is -2.53. The molecule has 0 aliphatic rings. The number of hydrogen-bond acceptors (Lipinski definition) is 2. The topological polar surface area (TPSA) is 58.2 Å². The Hall–Kier alpha value is -2.10. The molecule has 0 fully saturated rings. The number of aryl methyl sites for hydroxylation is 1. The highest BCUT2D eigenvalue weighted by atomic mass is 16.2. The molecule has 0 spiro atoms. The normalized spacial score (nSPS) is 11.5. The van der Waals surface area contributed by atoms with Crippen molar-refractivity contribution in [3.63, 3.8) is 0 Å². The van der Waals surface area contributed by atoms with Gasteiger partial charge in [0.1, 0.15) is 6.04 Å². The van der Waals surface area contributed by atoms with Gasteiger partial charge in [-0.25, -0.2) is 0 Å². The summed E-state index contributed by atoms with van der Waals surface area (Å²) in [6.45, 7) is 13.1. The fourth-order valence-electron chi connectivity index (χ4n) is 1.69. The minimum absolute atomic E-state index is 0.183. The summed E-state index contributed by atoms with van der Waals surface area (Å²) >= 11 is 0. The Bertz CT molecular complexity index is 476. The predicted octanol–water partition coefficient (Wildman–Crippen LogP) is 2.83. The summed E-state index contributed by atoms with van der Waals surface area (Å²) < 4.78 is 0. The lowest BCUT2D eigenvalue weighted by atomic mass is 9.86. The van der Waals surface area contributed by atoms with E-state index < -0.39 is 6.04 Å². The number of nitrogens with one attached hydrogen (secondary N) is 2. The Morgan fingerprint density at radius 3 is 2.09 bits per heavy atom. The molecule has 122 valence electrons. The number of hydrogen-bond donors (Lipinski definition) is 2. The monoisotopic (exact) mass is 304 g/mol. The minimum atomic E-state index is -0.519. The first-order valence-electron chi connectivity index (χ1n) is 7.36. The van der Waals surface area contributed by atoms with E-state index in [-0.39, 0.29) is 17.2 Å². The summed E-state index contributed by atoms with van der Waals surface area (Å²) in [5, 5.41) is 5.32. The van der Waals surface area contributed by atoms with Crippen molar-refractivity contribution in [1.82, 2.24) is 10.6 Å². The first-order chi connectivity index (χ1) is 10.2. The average Bonchev–Trinajstić information content (AvgIpc) is 2.42. The third kappa shape index (κ3) is 8.95. The van der Waals surface area contributed by atoms with Gasteiger partial charge in [0.15, 0.2) is 0 Å². The van der Waals surface area contributed by atoms with E-state index in [1.54, 1.807) is 6.08 Å². The van der Waals surface area contributed by atoms with Crippen molar-refractivity contribution in [2.45, 2.75) is 40.7 Å². The van der Waals surface area contributed by atoms with E-state index in [0.717, 1.165) is 0 Å². The van der Waals surface area contributed by atoms with Gasteiger partial charge in [-0.1, -0.05) is 62.7 Å². The summed E-state index contributed by atoms with van der Waals surface area (Å²) in [6.07, 6.45) is 1.60. The van der Waals surface area contributed by atoms with Crippen molar-refractivity contribution in [2.24, 2.45) is 5.41 Å². The molecule has 1 rings (SSSR count). The van der Waals surface area contributed by atoms with Crippen LogP contribution in [0.5, 0.6) is 0 Å². The first kappa shape index (κ1) is 19.9. The molecule has 4 heteroatoms. The van der Waals surface area contributed by atoms with Crippen LogP contribution >= 0.6 is 0 Å². The third-order valence-corrected chi connectivity index (χ3v) is 2.84. The first-order valence-corrected chi connectivity index (χ1v) is 7.36. The van der Waals surface area contributed by atoms with Crippen molar-refractivity contribution in [2.75, 3.05) is 6.54 Å². The molecule has 0 heterocycles. The molecule has 22 heavy (non-hydrogen) atoms. The van der Waals surface area contributed by atoms with Gasteiger partial charge in [-0.05, 0) is 12.3 Å². The van der Waals surface area contributed by atoms with E-state index in [0.29, 0.717) is 6.54 Å². The number of carbonyl (C=O) groups is 2. The molecule has 1 atom stereocenters. The lowest BCUT2D eigenvalue weighted by molar-refractivity contribution is -0.130. The molecule has 0 saturated carbocycles.